The number of nitrogens with two attached hydrogens (primary N) is 1. The summed E-state index contributed by atoms with van der Waals surface area (Å²) < 4.78 is 0. The fourth-order valence-corrected chi connectivity index (χ4v) is 2.09. The van der Waals surface area contributed by atoms with Gasteiger partial charge in [0, 0.05) is 0 Å². The van der Waals surface area contributed by atoms with E-state index in [0.717, 1.165) is 0 Å². The quantitative estimate of drug-likeness (QED) is 0.534. The van der Waals surface area contributed by atoms with Crippen molar-refractivity contribution in [2.45, 2.75) is 17.9 Å². The largest absolute Gasteiger partial charge is 0.480 e. The highest BCUT2D eigenvalue weighted by Crippen LogP contribution is 2.41. The van der Waals surface area contributed by atoms with E-state index in [2.05, 4.69) is 0 Å². The molecule has 0 amide bonds. The number of hydrogen-bond donors (Lipinski definition) is 2. The minimum absolute atomic E-state index is 0.106. The van der Waals surface area contributed by atoms with E-state index in [1.165, 1.54) is 0 Å². The Kier molecular flexibility index (Phi) is 2.55. The molecule has 5 nitrogen and oxygen atoms in total. The van der Waals surface area contributed by atoms with Crippen molar-refractivity contribution in [3.63, 3.8) is 0 Å². The fraction of sp³-hybridized carbons (Fsp3) is 0.250. The molecule has 17 heavy (non-hydrogen) atoms. The number of carbonyl (C=O) groups is 3. The minimum Gasteiger partial charge on any atom is -0.480 e. The van der Waals surface area contributed by atoms with Crippen LogP contribution in [-0.2, 0) is 26.2 Å². The molecule has 2 aliphatic carbocycles. The van der Waals surface area contributed by atoms with E-state index >= 15 is 0 Å². The summed E-state index contributed by atoms with van der Waals surface area (Å²) in [6.07, 6.45) is 1.27. The zero-order chi connectivity index (χ0) is 12.6. The molecule has 1 aromatic carbocycles. The van der Waals surface area contributed by atoms with Crippen LogP contribution in [0.3, 0.4) is 0 Å². The highest BCUT2D eigenvalue weighted by atomic mass is 16.4. The molecule has 1 atom stereocenters. The molecule has 0 fully saturated rings. The molecule has 2 aliphatic rings. The molecule has 88 valence electrons. The van der Waals surface area contributed by atoms with Crippen molar-refractivity contribution >= 4 is 18.5 Å². The lowest BCUT2D eigenvalue weighted by atomic mass is 9.65. The van der Waals surface area contributed by atoms with Gasteiger partial charge in [-0.1, -0.05) is 18.2 Å². The maximum Gasteiger partial charge on any atom is 0.320 e. The number of benzene rings is 1. The molecular weight excluding hydrogens is 222 g/mol. The number of aldehydes is 2. The van der Waals surface area contributed by atoms with E-state index in [4.69, 9.17) is 10.8 Å². The molecule has 0 saturated carbocycles. The van der Waals surface area contributed by atoms with Crippen molar-refractivity contribution in [1.29, 1.82) is 0 Å². The van der Waals surface area contributed by atoms with Gasteiger partial charge in [-0.15, -0.1) is 0 Å². The number of carboxylic acids is 1. The van der Waals surface area contributed by atoms with E-state index < -0.39 is 17.4 Å². The van der Waals surface area contributed by atoms with Gasteiger partial charge in [-0.05, 0) is 23.1 Å². The number of carbonyl (C=O) groups excluding carboxylic acids is 2. The van der Waals surface area contributed by atoms with Crippen LogP contribution in [0, 0.1) is 0 Å². The van der Waals surface area contributed by atoms with Crippen molar-refractivity contribution in [2.24, 2.45) is 5.73 Å². The maximum absolute atomic E-state index is 11.0. The predicted octanol–water partition coefficient (Wildman–Crippen LogP) is -0.362. The van der Waals surface area contributed by atoms with E-state index in [0.29, 0.717) is 29.3 Å². The summed E-state index contributed by atoms with van der Waals surface area (Å²) in [6, 6.07) is 4.04. The first-order valence-electron chi connectivity index (χ1n) is 5.10. The number of fused-ring (bicyclic) bond motifs is 2. The van der Waals surface area contributed by atoms with Crippen molar-refractivity contribution in [3.8, 4) is 0 Å². The smallest absolute Gasteiger partial charge is 0.320 e. The van der Waals surface area contributed by atoms with Crippen molar-refractivity contribution in [2.75, 3.05) is 0 Å². The molecule has 5 heteroatoms. The van der Waals surface area contributed by atoms with Crippen molar-refractivity contribution in [1.82, 2.24) is 0 Å². The number of carboxylic acid groups (broad SMARTS) is 1. The number of hydrogen-bond acceptors (Lipinski definition) is 4. The Balaban J connectivity index is 2.34. The Morgan fingerprint density at radius 2 is 2.06 bits per heavy atom. The lowest BCUT2D eigenvalue weighted by Gasteiger charge is -2.35. The predicted molar refractivity (Wildman–Crippen MR) is 58.7 cm³/mol. The van der Waals surface area contributed by atoms with Gasteiger partial charge in [-0.25, -0.2) is 0 Å². The van der Waals surface area contributed by atoms with Crippen LogP contribution in [-0.4, -0.2) is 29.7 Å². The third-order valence-electron chi connectivity index (χ3n) is 3.16. The Morgan fingerprint density at radius 3 is 2.53 bits per heavy atom. The molecule has 2 bridgehead atoms. The highest BCUT2D eigenvalue weighted by molar-refractivity contribution is 6.01. The number of aliphatic carboxylic acids is 1. The zero-order valence-electron chi connectivity index (χ0n) is 8.92. The van der Waals surface area contributed by atoms with Crippen LogP contribution >= 0.6 is 0 Å². The monoisotopic (exact) mass is 233 g/mol. The Morgan fingerprint density at radius 1 is 1.41 bits per heavy atom. The average molecular weight is 233 g/mol. The summed E-state index contributed by atoms with van der Waals surface area (Å²) in [5.74, 6) is -1.11. The van der Waals surface area contributed by atoms with E-state index in [1.54, 1.807) is 18.2 Å². The normalized spacial score (nSPS) is 16.8. The third-order valence-corrected chi connectivity index (χ3v) is 3.16. The van der Waals surface area contributed by atoms with Crippen LogP contribution in [0.15, 0.2) is 18.2 Å². The van der Waals surface area contributed by atoms with Gasteiger partial charge in [0.05, 0.1) is 0 Å². The van der Waals surface area contributed by atoms with Gasteiger partial charge in [-0.2, -0.15) is 0 Å². The first kappa shape index (κ1) is 11.5. The Bertz CT molecular complexity index is 497. The van der Waals surface area contributed by atoms with Crippen LogP contribution in [0.25, 0.3) is 0 Å². The lowest BCUT2D eigenvalue weighted by Crippen LogP contribution is -2.41. The molecule has 1 aromatic rings. The Hall–Kier alpha value is -2.01. The van der Waals surface area contributed by atoms with Gasteiger partial charge in [-0.3, -0.25) is 4.79 Å². The van der Waals surface area contributed by atoms with E-state index in [-0.39, 0.29) is 6.42 Å². The molecule has 0 saturated heterocycles. The van der Waals surface area contributed by atoms with Crippen LogP contribution in [0.4, 0.5) is 0 Å². The SMILES string of the molecule is N[C@@H](Cc1ccc2cc1C2(C=O)C=O)C(=O)O. The summed E-state index contributed by atoms with van der Waals surface area (Å²) in [5, 5.41) is 8.73. The summed E-state index contributed by atoms with van der Waals surface area (Å²) in [5.41, 5.74) is 6.08. The van der Waals surface area contributed by atoms with Crippen molar-refractivity contribution < 1.29 is 19.5 Å². The molecule has 0 unspecified atom stereocenters. The van der Waals surface area contributed by atoms with Crippen LogP contribution in [0.1, 0.15) is 16.7 Å². The van der Waals surface area contributed by atoms with Gasteiger partial charge in [0.1, 0.15) is 24.0 Å². The zero-order valence-corrected chi connectivity index (χ0v) is 8.92. The van der Waals surface area contributed by atoms with Gasteiger partial charge in [0.25, 0.3) is 0 Å². The first-order chi connectivity index (χ1) is 8.05. The molecule has 3 N–H and O–H groups in total. The van der Waals surface area contributed by atoms with Crippen LogP contribution < -0.4 is 5.73 Å². The molecule has 0 heterocycles. The topological polar surface area (TPSA) is 97.5 Å². The summed E-state index contributed by atoms with van der Waals surface area (Å²) in [4.78, 5) is 32.7. The van der Waals surface area contributed by atoms with Gasteiger partial charge >= 0.3 is 5.97 Å². The summed E-state index contributed by atoms with van der Waals surface area (Å²) >= 11 is 0. The van der Waals surface area contributed by atoms with E-state index in [1.807, 2.05) is 0 Å². The molecule has 0 aliphatic heterocycles. The van der Waals surface area contributed by atoms with Gasteiger partial charge in [0.2, 0.25) is 0 Å². The number of rotatable bonds is 5. The van der Waals surface area contributed by atoms with Crippen LogP contribution in [0.5, 0.6) is 0 Å². The summed E-state index contributed by atoms with van der Waals surface area (Å²) in [6.45, 7) is 0. The molecular formula is C12H11NO4. The molecule has 0 radical (unpaired) electrons. The van der Waals surface area contributed by atoms with Gasteiger partial charge in [0.15, 0.2) is 0 Å². The lowest BCUT2D eigenvalue weighted by molar-refractivity contribution is -0.138. The Labute approximate surface area is 97.2 Å². The average Bonchev–Trinajstić information content (AvgIpc) is 2.30. The first-order valence-corrected chi connectivity index (χ1v) is 5.10. The second kappa shape index (κ2) is 3.78. The third kappa shape index (κ3) is 1.47. The maximum atomic E-state index is 11.0. The minimum atomic E-state index is -1.19. The van der Waals surface area contributed by atoms with Crippen LogP contribution in [0.2, 0.25) is 0 Å². The standard InChI is InChI=1S/C12H11NO4/c13-10(11(16)17)3-7-1-2-8-4-9(7)12(8,5-14)6-15/h1-2,4-6,10H,3,13H2,(H,16,17)/t10-/m0/s1. The molecule has 3 rings (SSSR count). The summed E-state index contributed by atoms with van der Waals surface area (Å²) in [7, 11) is 0. The second-order valence-corrected chi connectivity index (χ2v) is 4.13. The second-order valence-electron chi connectivity index (χ2n) is 4.13. The highest BCUT2D eigenvalue weighted by Gasteiger charge is 2.43. The van der Waals surface area contributed by atoms with Crippen molar-refractivity contribution in [3.05, 3.63) is 34.9 Å². The molecule has 0 aromatic heterocycles. The fourth-order valence-electron chi connectivity index (χ4n) is 2.09. The van der Waals surface area contributed by atoms with Gasteiger partial charge < -0.3 is 20.4 Å². The van der Waals surface area contributed by atoms with E-state index in [9.17, 15) is 14.4 Å². The molecule has 0 spiro atoms.